The van der Waals surface area contributed by atoms with Crippen molar-refractivity contribution in [1.82, 2.24) is 0 Å². The van der Waals surface area contributed by atoms with Crippen molar-refractivity contribution in [3.63, 3.8) is 0 Å². The van der Waals surface area contributed by atoms with Gasteiger partial charge in [0, 0.05) is 53.7 Å². The Morgan fingerprint density at radius 3 is 1.04 bits per heavy atom. The van der Waals surface area contributed by atoms with E-state index in [1.807, 2.05) is 41.5 Å². The van der Waals surface area contributed by atoms with E-state index in [9.17, 15) is 0 Å². The number of hydrogen-bond donors (Lipinski definition) is 0. The lowest BCUT2D eigenvalue weighted by molar-refractivity contribution is -0.747. The van der Waals surface area contributed by atoms with Gasteiger partial charge in [0.25, 0.3) is 11.0 Å². The minimum Gasteiger partial charge on any atom is -0.188 e. The van der Waals surface area contributed by atoms with E-state index in [2.05, 4.69) is 99.5 Å². The van der Waals surface area contributed by atoms with Crippen molar-refractivity contribution in [2.75, 3.05) is 0 Å². The second-order valence-corrected chi connectivity index (χ2v) is 8.04. The fourth-order valence-electron chi connectivity index (χ4n) is 3.12. The molecule has 3 aromatic rings. The standard InChI is InChI=1S/C20H26N2.3C2H6/c1-19(2,3)21-13-7-9-15-11-12-16-10-8-14-22(20(4,5)6)18(16)17(15)21;3*1-2/h7-14H,1-6H3;3*1-2H3/q+2;;;. The molecular formula is C26H44N2+2. The monoisotopic (exact) mass is 384 g/mol. The first kappa shape index (κ1) is 26.0. The number of pyridine rings is 2. The zero-order valence-corrected chi connectivity index (χ0v) is 20.5. The minimum atomic E-state index is 0.0410. The lowest BCUT2D eigenvalue weighted by atomic mass is 10.0. The molecule has 0 amide bonds. The Morgan fingerprint density at radius 2 is 0.786 bits per heavy atom. The maximum Gasteiger partial charge on any atom is 0.285 e. The normalized spacial score (nSPS) is 10.9. The number of nitrogens with zero attached hydrogens (tertiary/aromatic N) is 2. The van der Waals surface area contributed by atoms with Crippen LogP contribution in [0.25, 0.3) is 21.8 Å². The van der Waals surface area contributed by atoms with Gasteiger partial charge in [0.1, 0.15) is 0 Å². The number of aromatic nitrogens is 2. The summed E-state index contributed by atoms with van der Waals surface area (Å²) in [4.78, 5) is 0. The molecule has 0 spiro atoms. The smallest absolute Gasteiger partial charge is 0.188 e. The summed E-state index contributed by atoms with van der Waals surface area (Å²) >= 11 is 0. The summed E-state index contributed by atoms with van der Waals surface area (Å²) in [5, 5.41) is 2.57. The first-order valence-electron chi connectivity index (χ1n) is 11.0. The average Bonchev–Trinajstić information content (AvgIpc) is 2.70. The van der Waals surface area contributed by atoms with Crippen molar-refractivity contribution in [2.45, 2.75) is 94.2 Å². The Balaban J connectivity index is 0.00000111. The van der Waals surface area contributed by atoms with Crippen molar-refractivity contribution >= 4 is 21.8 Å². The van der Waals surface area contributed by atoms with E-state index in [0.29, 0.717) is 0 Å². The fourth-order valence-corrected chi connectivity index (χ4v) is 3.12. The van der Waals surface area contributed by atoms with Crippen LogP contribution in [0.1, 0.15) is 83.1 Å². The molecule has 0 fully saturated rings. The topological polar surface area (TPSA) is 7.76 Å². The van der Waals surface area contributed by atoms with Gasteiger partial charge in [0.15, 0.2) is 23.5 Å². The molecule has 2 heterocycles. The lowest BCUT2D eigenvalue weighted by Crippen LogP contribution is -2.54. The van der Waals surface area contributed by atoms with E-state index in [0.717, 1.165) is 0 Å². The molecule has 2 heteroatoms. The third kappa shape index (κ3) is 5.77. The van der Waals surface area contributed by atoms with Crippen LogP contribution in [0.3, 0.4) is 0 Å². The first-order chi connectivity index (χ1) is 13.2. The van der Waals surface area contributed by atoms with Gasteiger partial charge in [-0.25, -0.2) is 0 Å². The summed E-state index contributed by atoms with van der Waals surface area (Å²) in [7, 11) is 0. The third-order valence-corrected chi connectivity index (χ3v) is 4.16. The Morgan fingerprint density at radius 1 is 0.500 bits per heavy atom. The molecule has 156 valence electrons. The van der Waals surface area contributed by atoms with E-state index < -0.39 is 0 Å². The molecular weight excluding hydrogens is 340 g/mol. The molecule has 0 saturated heterocycles. The number of fused-ring (bicyclic) bond motifs is 3. The Bertz CT molecular complexity index is 777. The molecule has 2 aromatic heterocycles. The highest BCUT2D eigenvalue weighted by Gasteiger charge is 2.32. The first-order valence-corrected chi connectivity index (χ1v) is 11.0. The van der Waals surface area contributed by atoms with Crippen molar-refractivity contribution in [2.24, 2.45) is 0 Å². The molecule has 1 aromatic carbocycles. The summed E-state index contributed by atoms with van der Waals surface area (Å²) in [5.41, 5.74) is 2.70. The lowest BCUT2D eigenvalue weighted by Gasteiger charge is -2.18. The molecule has 0 bridgehead atoms. The largest absolute Gasteiger partial charge is 0.285 e. The highest BCUT2D eigenvalue weighted by molar-refractivity contribution is 5.98. The molecule has 28 heavy (non-hydrogen) atoms. The Hall–Kier alpha value is -1.96. The van der Waals surface area contributed by atoms with E-state index >= 15 is 0 Å². The Kier molecular flexibility index (Phi) is 10.4. The van der Waals surface area contributed by atoms with Gasteiger partial charge in [-0.05, 0) is 24.3 Å². The summed E-state index contributed by atoms with van der Waals surface area (Å²) in [6, 6.07) is 13.2. The number of hydrogen-bond acceptors (Lipinski definition) is 0. The van der Waals surface area contributed by atoms with Gasteiger partial charge in [0.2, 0.25) is 0 Å². The molecule has 2 nitrogen and oxygen atoms in total. The molecule has 0 radical (unpaired) electrons. The van der Waals surface area contributed by atoms with Crippen LogP contribution in [0.4, 0.5) is 0 Å². The van der Waals surface area contributed by atoms with E-state index in [1.54, 1.807) is 0 Å². The van der Waals surface area contributed by atoms with Crippen molar-refractivity contribution in [1.29, 1.82) is 0 Å². The van der Waals surface area contributed by atoms with Gasteiger partial charge in [-0.15, -0.1) is 0 Å². The highest BCUT2D eigenvalue weighted by Crippen LogP contribution is 2.23. The molecule has 0 atom stereocenters. The minimum absolute atomic E-state index is 0.0410. The van der Waals surface area contributed by atoms with Gasteiger partial charge in [-0.2, -0.15) is 9.13 Å². The van der Waals surface area contributed by atoms with E-state index in [1.165, 1.54) is 21.8 Å². The van der Waals surface area contributed by atoms with Crippen LogP contribution in [-0.2, 0) is 11.1 Å². The van der Waals surface area contributed by atoms with Gasteiger partial charge >= 0.3 is 0 Å². The van der Waals surface area contributed by atoms with Crippen molar-refractivity contribution in [3.05, 3.63) is 48.8 Å². The summed E-state index contributed by atoms with van der Waals surface area (Å²) in [6.07, 6.45) is 4.39. The molecule has 0 saturated carbocycles. The van der Waals surface area contributed by atoms with Crippen molar-refractivity contribution in [3.8, 4) is 0 Å². The van der Waals surface area contributed by atoms with Gasteiger partial charge in [-0.1, -0.05) is 41.5 Å². The number of rotatable bonds is 0. The number of benzene rings is 1. The summed E-state index contributed by atoms with van der Waals surface area (Å²) < 4.78 is 4.79. The van der Waals surface area contributed by atoms with Crippen LogP contribution in [-0.4, -0.2) is 0 Å². The zero-order chi connectivity index (χ0) is 22.1. The van der Waals surface area contributed by atoms with E-state index in [-0.39, 0.29) is 11.1 Å². The molecule has 0 aliphatic rings. The van der Waals surface area contributed by atoms with Crippen LogP contribution in [0.5, 0.6) is 0 Å². The van der Waals surface area contributed by atoms with Gasteiger partial charge in [0.05, 0.1) is 10.8 Å². The van der Waals surface area contributed by atoms with Crippen LogP contribution >= 0.6 is 0 Å². The molecule has 0 N–H and O–H groups in total. The quantitative estimate of drug-likeness (QED) is 0.287. The maximum atomic E-state index is 2.40. The second kappa shape index (κ2) is 11.1. The predicted octanol–water partition coefficient (Wildman–Crippen LogP) is 7.16. The fraction of sp³-hybridized carbons (Fsp3) is 0.538. The van der Waals surface area contributed by atoms with Gasteiger partial charge in [-0.3, -0.25) is 0 Å². The van der Waals surface area contributed by atoms with Crippen LogP contribution < -0.4 is 9.13 Å². The van der Waals surface area contributed by atoms with Crippen LogP contribution in [0.2, 0.25) is 0 Å². The van der Waals surface area contributed by atoms with Crippen LogP contribution in [0, 0.1) is 0 Å². The molecule has 0 unspecified atom stereocenters. The molecule has 3 rings (SSSR count). The summed E-state index contributed by atoms with van der Waals surface area (Å²) in [5.74, 6) is 0. The third-order valence-electron chi connectivity index (χ3n) is 4.16. The highest BCUT2D eigenvalue weighted by atomic mass is 15.1. The van der Waals surface area contributed by atoms with E-state index in [4.69, 9.17) is 0 Å². The van der Waals surface area contributed by atoms with Crippen molar-refractivity contribution < 1.29 is 9.13 Å². The summed E-state index contributed by atoms with van der Waals surface area (Å²) in [6.45, 7) is 25.6. The molecule has 0 aliphatic carbocycles. The predicted molar refractivity (Wildman–Crippen MR) is 126 cm³/mol. The Labute approximate surface area is 174 Å². The average molecular weight is 385 g/mol. The molecule has 0 aliphatic heterocycles. The second-order valence-electron chi connectivity index (χ2n) is 8.04. The maximum absolute atomic E-state index is 2.40. The van der Waals surface area contributed by atoms with Gasteiger partial charge < -0.3 is 0 Å². The van der Waals surface area contributed by atoms with Crippen LogP contribution in [0.15, 0.2) is 48.8 Å². The zero-order valence-electron chi connectivity index (χ0n) is 20.5. The SMILES string of the molecule is CC.CC.CC.CC(C)(C)[n+]1cccc2ccc3ccc[n+](C(C)(C)C)c3c21.